The van der Waals surface area contributed by atoms with Crippen LogP contribution in [0, 0.1) is 17.0 Å². The molecule has 0 aromatic heterocycles. The number of nitro benzene ring substituents is 1. The lowest BCUT2D eigenvalue weighted by Gasteiger charge is -2.26. The summed E-state index contributed by atoms with van der Waals surface area (Å²) < 4.78 is 0. The second kappa shape index (κ2) is 4.94. The van der Waals surface area contributed by atoms with Crippen LogP contribution in [0.2, 0.25) is 0 Å². The molecule has 5 nitrogen and oxygen atoms in total. The predicted molar refractivity (Wildman–Crippen MR) is 62.8 cm³/mol. The van der Waals surface area contributed by atoms with Crippen molar-refractivity contribution in [3.63, 3.8) is 0 Å². The van der Waals surface area contributed by atoms with Crippen molar-refractivity contribution in [1.29, 1.82) is 0 Å². The largest absolute Gasteiger partial charge is 0.394 e. The smallest absolute Gasteiger partial charge is 0.269 e. The van der Waals surface area contributed by atoms with Gasteiger partial charge in [0.1, 0.15) is 0 Å². The second-order valence-corrected chi connectivity index (χ2v) is 3.87. The molecule has 0 saturated heterocycles. The Labute approximate surface area is 94.5 Å². The number of likely N-dealkylation sites (N-methyl/N-ethyl adjacent to an activating group) is 1. The number of anilines is 1. The van der Waals surface area contributed by atoms with Gasteiger partial charge in [0.05, 0.1) is 11.5 Å². The first-order chi connectivity index (χ1) is 7.47. The van der Waals surface area contributed by atoms with Gasteiger partial charge < -0.3 is 10.0 Å². The summed E-state index contributed by atoms with van der Waals surface area (Å²) in [7, 11) is 1.86. The quantitative estimate of drug-likeness (QED) is 0.624. The van der Waals surface area contributed by atoms with Gasteiger partial charge in [0, 0.05) is 30.9 Å². The van der Waals surface area contributed by atoms with Crippen LogP contribution < -0.4 is 4.90 Å². The highest BCUT2D eigenvalue weighted by Crippen LogP contribution is 2.24. The first-order valence-corrected chi connectivity index (χ1v) is 5.06. The van der Waals surface area contributed by atoms with Crippen LogP contribution in [0.4, 0.5) is 11.4 Å². The number of nitrogens with zero attached hydrogens (tertiary/aromatic N) is 2. The van der Waals surface area contributed by atoms with E-state index in [0.717, 1.165) is 11.3 Å². The molecular formula is C11H16N2O3. The minimum absolute atomic E-state index is 0.0137. The van der Waals surface area contributed by atoms with Crippen LogP contribution in [0.1, 0.15) is 12.5 Å². The van der Waals surface area contributed by atoms with Crippen LogP contribution in [0.3, 0.4) is 0 Å². The molecule has 0 spiro atoms. The number of non-ortho nitro benzene ring substituents is 1. The third-order valence-corrected chi connectivity index (χ3v) is 2.70. The van der Waals surface area contributed by atoms with Crippen molar-refractivity contribution >= 4 is 11.4 Å². The van der Waals surface area contributed by atoms with Crippen LogP contribution in [0.15, 0.2) is 18.2 Å². The molecule has 0 radical (unpaired) electrons. The van der Waals surface area contributed by atoms with Crippen LogP contribution in [-0.4, -0.2) is 29.7 Å². The molecule has 0 saturated carbocycles. The Morgan fingerprint density at radius 1 is 1.56 bits per heavy atom. The van der Waals surface area contributed by atoms with E-state index in [1.165, 1.54) is 12.1 Å². The Balaban J connectivity index is 3.03. The van der Waals surface area contributed by atoms with Gasteiger partial charge in [0.15, 0.2) is 0 Å². The van der Waals surface area contributed by atoms with Crippen molar-refractivity contribution in [2.45, 2.75) is 19.9 Å². The molecule has 16 heavy (non-hydrogen) atoms. The number of aryl methyl sites for hydroxylation is 1. The molecule has 1 rings (SSSR count). The SMILES string of the molecule is Cc1cc([N+](=O)[O-])ccc1N(C)C(C)CO. The molecule has 0 heterocycles. The number of rotatable bonds is 4. The summed E-state index contributed by atoms with van der Waals surface area (Å²) >= 11 is 0. The summed E-state index contributed by atoms with van der Waals surface area (Å²) in [6.07, 6.45) is 0. The third kappa shape index (κ3) is 2.49. The van der Waals surface area contributed by atoms with Gasteiger partial charge in [0.2, 0.25) is 0 Å². The number of hydrogen-bond donors (Lipinski definition) is 1. The van der Waals surface area contributed by atoms with Crippen LogP contribution in [0.25, 0.3) is 0 Å². The fraction of sp³-hybridized carbons (Fsp3) is 0.455. The van der Waals surface area contributed by atoms with Gasteiger partial charge >= 0.3 is 0 Å². The maximum Gasteiger partial charge on any atom is 0.269 e. The molecule has 1 unspecified atom stereocenters. The van der Waals surface area contributed by atoms with Crippen LogP contribution >= 0.6 is 0 Å². The number of aliphatic hydroxyl groups excluding tert-OH is 1. The molecule has 88 valence electrons. The van der Waals surface area contributed by atoms with E-state index in [-0.39, 0.29) is 18.3 Å². The van der Waals surface area contributed by atoms with Crippen molar-refractivity contribution in [3.05, 3.63) is 33.9 Å². The first-order valence-electron chi connectivity index (χ1n) is 5.06. The van der Waals surface area contributed by atoms with E-state index < -0.39 is 4.92 Å². The van der Waals surface area contributed by atoms with E-state index in [1.807, 2.05) is 25.8 Å². The molecule has 0 amide bonds. The van der Waals surface area contributed by atoms with E-state index in [4.69, 9.17) is 5.11 Å². The lowest BCUT2D eigenvalue weighted by Crippen LogP contribution is -2.32. The van der Waals surface area contributed by atoms with E-state index in [0.29, 0.717) is 0 Å². The van der Waals surface area contributed by atoms with Gasteiger partial charge in [-0.3, -0.25) is 10.1 Å². The minimum atomic E-state index is -0.410. The zero-order valence-electron chi connectivity index (χ0n) is 9.67. The number of hydrogen-bond acceptors (Lipinski definition) is 4. The summed E-state index contributed by atoms with van der Waals surface area (Å²) in [6.45, 7) is 3.76. The highest BCUT2D eigenvalue weighted by Gasteiger charge is 2.14. The van der Waals surface area contributed by atoms with Gasteiger partial charge in [-0.15, -0.1) is 0 Å². The Hall–Kier alpha value is -1.62. The van der Waals surface area contributed by atoms with Gasteiger partial charge in [-0.2, -0.15) is 0 Å². The molecule has 1 N–H and O–H groups in total. The van der Waals surface area contributed by atoms with Crippen LogP contribution in [0.5, 0.6) is 0 Å². The van der Waals surface area contributed by atoms with Crippen molar-refractivity contribution in [1.82, 2.24) is 0 Å². The zero-order chi connectivity index (χ0) is 12.3. The number of nitro groups is 1. The molecule has 1 aromatic carbocycles. The summed E-state index contributed by atoms with van der Waals surface area (Å²) in [6, 6.07) is 4.71. The Morgan fingerprint density at radius 3 is 2.62 bits per heavy atom. The van der Waals surface area contributed by atoms with Crippen molar-refractivity contribution < 1.29 is 10.0 Å². The standard InChI is InChI=1S/C11H16N2O3/c1-8-6-10(13(15)16)4-5-11(8)12(3)9(2)7-14/h4-6,9,14H,7H2,1-3H3. The fourth-order valence-electron chi connectivity index (χ4n) is 1.51. The average Bonchev–Trinajstić information content (AvgIpc) is 2.26. The molecule has 5 heteroatoms. The predicted octanol–water partition coefficient (Wildman–Crippen LogP) is 1.72. The molecule has 0 fully saturated rings. The highest BCUT2D eigenvalue weighted by molar-refractivity contribution is 5.57. The molecule has 0 aliphatic carbocycles. The van der Waals surface area contributed by atoms with Crippen LogP contribution in [-0.2, 0) is 0 Å². The van der Waals surface area contributed by atoms with Gasteiger partial charge in [-0.1, -0.05) is 0 Å². The van der Waals surface area contributed by atoms with E-state index in [2.05, 4.69) is 0 Å². The molecule has 0 bridgehead atoms. The van der Waals surface area contributed by atoms with Gasteiger partial charge in [-0.05, 0) is 25.5 Å². The van der Waals surface area contributed by atoms with Crippen molar-refractivity contribution in [3.8, 4) is 0 Å². The number of benzene rings is 1. The average molecular weight is 224 g/mol. The molecule has 1 aromatic rings. The maximum absolute atomic E-state index is 10.6. The Morgan fingerprint density at radius 2 is 2.19 bits per heavy atom. The normalized spacial score (nSPS) is 12.2. The second-order valence-electron chi connectivity index (χ2n) is 3.87. The Kier molecular flexibility index (Phi) is 3.84. The fourth-order valence-corrected chi connectivity index (χ4v) is 1.51. The highest BCUT2D eigenvalue weighted by atomic mass is 16.6. The Bertz CT molecular complexity index is 393. The van der Waals surface area contributed by atoms with E-state index in [9.17, 15) is 10.1 Å². The van der Waals surface area contributed by atoms with Gasteiger partial charge in [-0.25, -0.2) is 0 Å². The van der Waals surface area contributed by atoms with Gasteiger partial charge in [0.25, 0.3) is 5.69 Å². The topological polar surface area (TPSA) is 66.6 Å². The van der Waals surface area contributed by atoms with E-state index in [1.54, 1.807) is 6.07 Å². The van der Waals surface area contributed by atoms with E-state index >= 15 is 0 Å². The lowest BCUT2D eigenvalue weighted by molar-refractivity contribution is -0.384. The van der Waals surface area contributed by atoms with Crippen molar-refractivity contribution in [2.75, 3.05) is 18.6 Å². The van der Waals surface area contributed by atoms with Crippen molar-refractivity contribution in [2.24, 2.45) is 0 Å². The summed E-state index contributed by atoms with van der Waals surface area (Å²) in [5.41, 5.74) is 1.82. The summed E-state index contributed by atoms with van der Waals surface area (Å²) in [5, 5.41) is 19.6. The maximum atomic E-state index is 10.6. The molecule has 1 atom stereocenters. The lowest BCUT2D eigenvalue weighted by atomic mass is 10.1. The summed E-state index contributed by atoms with van der Waals surface area (Å²) in [5.74, 6) is 0. The third-order valence-electron chi connectivity index (χ3n) is 2.70. The molecular weight excluding hydrogens is 208 g/mol. The summed E-state index contributed by atoms with van der Waals surface area (Å²) in [4.78, 5) is 12.1. The molecule has 0 aliphatic rings. The minimum Gasteiger partial charge on any atom is -0.394 e. The monoisotopic (exact) mass is 224 g/mol. The first kappa shape index (κ1) is 12.4. The zero-order valence-corrected chi connectivity index (χ0v) is 9.67. The number of aliphatic hydroxyl groups is 1. The molecule has 0 aliphatic heterocycles.